The van der Waals surface area contributed by atoms with E-state index in [0.29, 0.717) is 24.3 Å². The summed E-state index contributed by atoms with van der Waals surface area (Å²) in [5, 5.41) is 9.49. The lowest BCUT2D eigenvalue weighted by molar-refractivity contribution is 0.102. The van der Waals surface area contributed by atoms with Crippen LogP contribution in [0.4, 0.5) is 16.2 Å². The highest BCUT2D eigenvalue weighted by molar-refractivity contribution is 6.04. The summed E-state index contributed by atoms with van der Waals surface area (Å²) in [5.41, 5.74) is 1.98. The third-order valence-corrected chi connectivity index (χ3v) is 3.26. The fourth-order valence-electron chi connectivity index (χ4n) is 2.18. The van der Waals surface area contributed by atoms with Gasteiger partial charge in [0.2, 0.25) is 0 Å². The predicted molar refractivity (Wildman–Crippen MR) is 78.3 cm³/mol. The second-order valence-corrected chi connectivity index (χ2v) is 4.79. The molecule has 2 heterocycles. The highest BCUT2D eigenvalue weighted by Crippen LogP contribution is 2.19. The summed E-state index contributed by atoms with van der Waals surface area (Å²) in [4.78, 5) is 25.2. The topological polar surface area (TPSA) is 79.3 Å². The second kappa shape index (κ2) is 5.28. The van der Waals surface area contributed by atoms with Gasteiger partial charge in [-0.25, -0.2) is 4.79 Å². The number of aryl methyl sites for hydroxylation is 1. The van der Waals surface area contributed by atoms with Gasteiger partial charge in [0.05, 0.1) is 11.8 Å². The fraction of sp³-hybridized carbons (Fsp3) is 0.214. The minimum atomic E-state index is -0.213. The molecule has 2 aromatic rings. The minimum Gasteiger partial charge on any atom is -0.336 e. The summed E-state index contributed by atoms with van der Waals surface area (Å²) in [5.74, 6) is -0.213. The van der Waals surface area contributed by atoms with Crippen molar-refractivity contribution < 1.29 is 9.59 Å². The van der Waals surface area contributed by atoms with Crippen LogP contribution in [0.5, 0.6) is 0 Å². The van der Waals surface area contributed by atoms with E-state index in [9.17, 15) is 9.59 Å². The van der Waals surface area contributed by atoms with Gasteiger partial charge in [0, 0.05) is 37.7 Å². The van der Waals surface area contributed by atoms with Gasteiger partial charge in [-0.1, -0.05) is 0 Å². The van der Waals surface area contributed by atoms with E-state index in [1.807, 2.05) is 12.1 Å². The van der Waals surface area contributed by atoms with Crippen molar-refractivity contribution >= 4 is 23.3 Å². The Balaban J connectivity index is 1.69. The molecule has 1 fully saturated rings. The Kier molecular flexibility index (Phi) is 3.31. The van der Waals surface area contributed by atoms with Gasteiger partial charge in [0.25, 0.3) is 5.91 Å². The van der Waals surface area contributed by atoms with Crippen molar-refractivity contribution in [3.63, 3.8) is 0 Å². The van der Waals surface area contributed by atoms with E-state index in [1.54, 1.807) is 35.0 Å². The number of carbonyl (C=O) groups is 2. The summed E-state index contributed by atoms with van der Waals surface area (Å²) in [6, 6.07) is 7.07. The molecule has 0 radical (unpaired) electrons. The van der Waals surface area contributed by atoms with Gasteiger partial charge < -0.3 is 10.6 Å². The Labute approximate surface area is 121 Å². The van der Waals surface area contributed by atoms with E-state index in [1.165, 1.54) is 6.20 Å². The molecule has 108 valence electrons. The zero-order chi connectivity index (χ0) is 14.8. The largest absolute Gasteiger partial charge is 0.336 e. The molecule has 1 aromatic carbocycles. The number of benzene rings is 1. The predicted octanol–water partition coefficient (Wildman–Crippen LogP) is 1.20. The number of rotatable bonds is 3. The zero-order valence-corrected chi connectivity index (χ0v) is 11.5. The number of aromatic nitrogens is 2. The second-order valence-electron chi connectivity index (χ2n) is 4.79. The number of hydrogen-bond donors (Lipinski definition) is 2. The number of nitrogens with one attached hydrogen (secondary N) is 2. The smallest absolute Gasteiger partial charge is 0.321 e. The molecule has 0 bridgehead atoms. The van der Waals surface area contributed by atoms with Crippen LogP contribution in [0.1, 0.15) is 10.4 Å². The molecule has 0 unspecified atom stereocenters. The van der Waals surface area contributed by atoms with Gasteiger partial charge in [0.1, 0.15) is 0 Å². The van der Waals surface area contributed by atoms with Crippen molar-refractivity contribution in [2.24, 2.45) is 7.05 Å². The van der Waals surface area contributed by atoms with Crippen LogP contribution < -0.4 is 15.5 Å². The molecule has 1 aliphatic rings. The lowest BCUT2D eigenvalue weighted by atomic mass is 10.2. The molecule has 0 atom stereocenters. The van der Waals surface area contributed by atoms with E-state index < -0.39 is 0 Å². The number of anilines is 2. The first-order valence-corrected chi connectivity index (χ1v) is 6.59. The van der Waals surface area contributed by atoms with E-state index in [-0.39, 0.29) is 11.9 Å². The van der Waals surface area contributed by atoms with Crippen molar-refractivity contribution in [1.82, 2.24) is 15.1 Å². The summed E-state index contributed by atoms with van der Waals surface area (Å²) >= 11 is 0. The molecule has 1 aromatic heterocycles. The highest BCUT2D eigenvalue weighted by Gasteiger charge is 2.20. The summed E-state index contributed by atoms with van der Waals surface area (Å²) in [7, 11) is 1.76. The maximum Gasteiger partial charge on any atom is 0.321 e. The monoisotopic (exact) mass is 285 g/mol. The highest BCUT2D eigenvalue weighted by atomic mass is 16.2. The lowest BCUT2D eigenvalue weighted by Crippen LogP contribution is -2.27. The van der Waals surface area contributed by atoms with E-state index in [0.717, 1.165) is 5.69 Å². The first-order valence-electron chi connectivity index (χ1n) is 6.59. The molecule has 1 saturated heterocycles. The van der Waals surface area contributed by atoms with Crippen LogP contribution in [0.3, 0.4) is 0 Å². The van der Waals surface area contributed by atoms with E-state index in [2.05, 4.69) is 15.7 Å². The van der Waals surface area contributed by atoms with Crippen molar-refractivity contribution in [2.45, 2.75) is 0 Å². The Bertz CT molecular complexity index is 677. The summed E-state index contributed by atoms with van der Waals surface area (Å²) < 4.78 is 1.57. The van der Waals surface area contributed by atoms with Gasteiger partial charge in [-0.15, -0.1) is 0 Å². The number of nitrogens with zero attached hydrogens (tertiary/aromatic N) is 3. The average Bonchev–Trinajstić information content (AvgIpc) is 3.08. The van der Waals surface area contributed by atoms with Gasteiger partial charge in [-0.2, -0.15) is 5.10 Å². The first-order chi connectivity index (χ1) is 10.1. The van der Waals surface area contributed by atoms with Gasteiger partial charge in [-0.05, 0) is 24.3 Å². The molecule has 7 heteroatoms. The summed E-state index contributed by atoms with van der Waals surface area (Å²) in [6.07, 6.45) is 3.16. The fourth-order valence-corrected chi connectivity index (χ4v) is 2.18. The van der Waals surface area contributed by atoms with Crippen LogP contribution in [0.2, 0.25) is 0 Å². The number of hydrogen-bond acceptors (Lipinski definition) is 3. The van der Waals surface area contributed by atoms with Crippen LogP contribution >= 0.6 is 0 Å². The standard InChI is InChI=1S/C14H15N5O2/c1-18-9-10(8-16-18)13(20)17-11-2-4-12(5-3-11)19-7-6-15-14(19)21/h2-5,8-9H,6-7H2,1H3,(H,15,21)(H,17,20). The molecule has 0 aliphatic carbocycles. The SMILES string of the molecule is Cn1cc(C(=O)Nc2ccc(N3CCNC3=O)cc2)cn1. The van der Waals surface area contributed by atoms with Crippen LogP contribution in [0.15, 0.2) is 36.7 Å². The Morgan fingerprint density at radius 1 is 1.33 bits per heavy atom. The Morgan fingerprint density at radius 3 is 2.67 bits per heavy atom. The molecule has 0 spiro atoms. The number of urea groups is 1. The van der Waals surface area contributed by atoms with Crippen LogP contribution in [0.25, 0.3) is 0 Å². The van der Waals surface area contributed by atoms with Gasteiger partial charge in [0.15, 0.2) is 0 Å². The molecule has 21 heavy (non-hydrogen) atoms. The molecular weight excluding hydrogens is 270 g/mol. The molecule has 2 N–H and O–H groups in total. The van der Waals surface area contributed by atoms with Crippen molar-refractivity contribution in [3.05, 3.63) is 42.2 Å². The van der Waals surface area contributed by atoms with Gasteiger partial charge in [-0.3, -0.25) is 14.4 Å². The number of carbonyl (C=O) groups excluding carboxylic acids is 2. The normalized spacial score (nSPS) is 14.1. The Morgan fingerprint density at radius 2 is 2.10 bits per heavy atom. The minimum absolute atomic E-state index is 0.0952. The third kappa shape index (κ3) is 2.71. The molecule has 0 saturated carbocycles. The van der Waals surface area contributed by atoms with Crippen molar-refractivity contribution in [1.29, 1.82) is 0 Å². The summed E-state index contributed by atoms with van der Waals surface area (Å²) in [6.45, 7) is 1.30. The maximum absolute atomic E-state index is 12.0. The quantitative estimate of drug-likeness (QED) is 0.889. The maximum atomic E-state index is 12.0. The van der Waals surface area contributed by atoms with Crippen LogP contribution in [0, 0.1) is 0 Å². The number of amides is 3. The van der Waals surface area contributed by atoms with Crippen LogP contribution in [-0.4, -0.2) is 34.8 Å². The average molecular weight is 285 g/mol. The van der Waals surface area contributed by atoms with Crippen LogP contribution in [-0.2, 0) is 7.05 Å². The molecular formula is C14H15N5O2. The zero-order valence-electron chi connectivity index (χ0n) is 11.5. The molecule has 3 rings (SSSR count). The van der Waals surface area contributed by atoms with E-state index in [4.69, 9.17) is 0 Å². The van der Waals surface area contributed by atoms with Crippen molar-refractivity contribution in [3.8, 4) is 0 Å². The molecule has 3 amide bonds. The lowest BCUT2D eigenvalue weighted by Gasteiger charge is -2.14. The molecule has 1 aliphatic heterocycles. The molecule has 7 nitrogen and oxygen atoms in total. The van der Waals surface area contributed by atoms with Gasteiger partial charge >= 0.3 is 6.03 Å². The van der Waals surface area contributed by atoms with Crippen molar-refractivity contribution in [2.75, 3.05) is 23.3 Å². The third-order valence-electron chi connectivity index (χ3n) is 3.26. The Hall–Kier alpha value is -2.83. The first kappa shape index (κ1) is 13.2. The van der Waals surface area contributed by atoms with E-state index >= 15 is 0 Å².